The van der Waals surface area contributed by atoms with Gasteiger partial charge in [-0.05, 0) is 35.5 Å². The van der Waals surface area contributed by atoms with Gasteiger partial charge in [0.2, 0.25) is 11.8 Å². The fraction of sp³-hybridized carbons (Fsp3) is 0.714. The number of thiophene rings is 1. The Morgan fingerprint density at radius 1 is 0.897 bits per heavy atom. The Morgan fingerprint density at radius 3 is 2.03 bits per heavy atom. The van der Waals surface area contributed by atoms with Crippen molar-refractivity contribution in [2.24, 2.45) is 0 Å². The maximum atomic E-state index is 12.7. The molecule has 3 rings (SSSR count). The lowest BCUT2D eigenvalue weighted by atomic mass is 10.2. The topological polar surface area (TPSA) is 50.3 Å². The van der Waals surface area contributed by atoms with Gasteiger partial charge in [-0.1, -0.05) is 13.8 Å². The van der Waals surface area contributed by atoms with Gasteiger partial charge >= 0.3 is 0 Å². The summed E-state index contributed by atoms with van der Waals surface area (Å²) in [4.78, 5) is 35.9. The molecular weight excluding hydrogens is 386 g/mol. The summed E-state index contributed by atoms with van der Waals surface area (Å²) < 4.78 is 0. The summed E-state index contributed by atoms with van der Waals surface area (Å²) in [7, 11) is 0. The molecule has 1 aromatic rings. The Morgan fingerprint density at radius 2 is 1.48 bits per heavy atom. The number of nitrogens with zero attached hydrogens (tertiary/aromatic N) is 5. The minimum Gasteiger partial charge on any atom is -0.339 e. The Labute approximate surface area is 178 Å². The molecule has 0 atom stereocenters. The molecule has 162 valence electrons. The van der Waals surface area contributed by atoms with Gasteiger partial charge in [-0.3, -0.25) is 24.3 Å². The van der Waals surface area contributed by atoms with E-state index in [2.05, 4.69) is 45.4 Å². The number of hydrogen-bond acceptors (Lipinski definition) is 6. The highest BCUT2D eigenvalue weighted by atomic mass is 32.1. The van der Waals surface area contributed by atoms with E-state index in [0.29, 0.717) is 13.1 Å². The summed E-state index contributed by atoms with van der Waals surface area (Å²) in [5.41, 5.74) is 1.36. The van der Waals surface area contributed by atoms with Crippen LogP contribution in [0.1, 0.15) is 19.4 Å². The Kier molecular flexibility index (Phi) is 8.47. The van der Waals surface area contributed by atoms with Gasteiger partial charge in [-0.25, -0.2) is 0 Å². The zero-order valence-electron chi connectivity index (χ0n) is 17.9. The summed E-state index contributed by atoms with van der Waals surface area (Å²) in [5.74, 6) is 0.435. The second-order valence-corrected chi connectivity index (χ2v) is 8.69. The molecule has 1 aromatic heterocycles. The summed E-state index contributed by atoms with van der Waals surface area (Å²) in [6.45, 7) is 14.4. The van der Waals surface area contributed by atoms with E-state index in [1.807, 2.05) is 9.80 Å². The normalized spacial score (nSPS) is 19.1. The third-order valence-corrected chi connectivity index (χ3v) is 6.78. The maximum Gasteiger partial charge on any atom is 0.236 e. The van der Waals surface area contributed by atoms with Gasteiger partial charge in [-0.15, -0.1) is 0 Å². The predicted molar refractivity (Wildman–Crippen MR) is 117 cm³/mol. The average molecular weight is 422 g/mol. The second-order valence-electron chi connectivity index (χ2n) is 7.91. The van der Waals surface area contributed by atoms with Crippen LogP contribution < -0.4 is 0 Å². The molecule has 0 aliphatic carbocycles. The van der Waals surface area contributed by atoms with Crippen LogP contribution in [0.5, 0.6) is 0 Å². The number of piperazine rings is 2. The van der Waals surface area contributed by atoms with Crippen LogP contribution in [0.3, 0.4) is 0 Å². The minimum atomic E-state index is 0.210. The van der Waals surface area contributed by atoms with Crippen LogP contribution in [0, 0.1) is 0 Å². The monoisotopic (exact) mass is 421 g/mol. The van der Waals surface area contributed by atoms with Crippen molar-refractivity contribution < 1.29 is 9.59 Å². The first kappa shape index (κ1) is 22.2. The van der Waals surface area contributed by atoms with Gasteiger partial charge in [0.05, 0.1) is 13.1 Å². The number of amides is 2. The van der Waals surface area contributed by atoms with Crippen molar-refractivity contribution in [3.63, 3.8) is 0 Å². The van der Waals surface area contributed by atoms with Gasteiger partial charge in [-0.2, -0.15) is 11.3 Å². The molecule has 2 fully saturated rings. The molecule has 0 bridgehead atoms. The van der Waals surface area contributed by atoms with Gasteiger partial charge in [0.15, 0.2) is 0 Å². The van der Waals surface area contributed by atoms with Crippen molar-refractivity contribution in [1.29, 1.82) is 0 Å². The first-order valence-electron chi connectivity index (χ1n) is 10.8. The molecular formula is C21H35N5O2S. The van der Waals surface area contributed by atoms with E-state index in [9.17, 15) is 9.59 Å². The molecule has 2 saturated heterocycles. The van der Waals surface area contributed by atoms with E-state index < -0.39 is 0 Å². The van der Waals surface area contributed by atoms with Gasteiger partial charge in [0, 0.05) is 58.9 Å². The molecule has 3 heterocycles. The third-order valence-electron chi connectivity index (χ3n) is 6.05. The first-order valence-corrected chi connectivity index (χ1v) is 11.8. The van der Waals surface area contributed by atoms with Crippen molar-refractivity contribution in [3.8, 4) is 0 Å². The van der Waals surface area contributed by atoms with E-state index in [1.54, 1.807) is 11.3 Å². The highest BCUT2D eigenvalue weighted by Crippen LogP contribution is 2.12. The van der Waals surface area contributed by atoms with Crippen LogP contribution in [0.15, 0.2) is 16.8 Å². The highest BCUT2D eigenvalue weighted by Gasteiger charge is 2.26. The van der Waals surface area contributed by atoms with E-state index in [4.69, 9.17) is 0 Å². The Balaban J connectivity index is 1.35. The van der Waals surface area contributed by atoms with E-state index in [0.717, 1.165) is 72.0 Å². The highest BCUT2D eigenvalue weighted by molar-refractivity contribution is 7.07. The van der Waals surface area contributed by atoms with Crippen molar-refractivity contribution in [3.05, 3.63) is 22.4 Å². The van der Waals surface area contributed by atoms with Gasteiger partial charge in [0.1, 0.15) is 0 Å². The van der Waals surface area contributed by atoms with Gasteiger partial charge in [0.25, 0.3) is 0 Å². The first-order chi connectivity index (χ1) is 14.1. The van der Waals surface area contributed by atoms with Crippen LogP contribution in [0.4, 0.5) is 0 Å². The summed E-state index contributed by atoms with van der Waals surface area (Å²) >= 11 is 1.74. The summed E-state index contributed by atoms with van der Waals surface area (Å²) in [5, 5.41) is 4.32. The van der Waals surface area contributed by atoms with E-state index >= 15 is 0 Å². The third kappa shape index (κ3) is 6.50. The maximum absolute atomic E-state index is 12.7. The van der Waals surface area contributed by atoms with E-state index in [1.165, 1.54) is 5.56 Å². The molecule has 2 aliphatic heterocycles. The zero-order chi connectivity index (χ0) is 20.6. The van der Waals surface area contributed by atoms with E-state index in [-0.39, 0.29) is 11.8 Å². The fourth-order valence-corrected chi connectivity index (χ4v) is 4.64. The van der Waals surface area contributed by atoms with Crippen LogP contribution >= 0.6 is 11.3 Å². The van der Waals surface area contributed by atoms with Crippen LogP contribution in [-0.2, 0) is 16.1 Å². The van der Waals surface area contributed by atoms with Crippen molar-refractivity contribution in [1.82, 2.24) is 24.5 Å². The Hall–Kier alpha value is -1.48. The SMILES string of the molecule is CCN(CC)CC(=O)N1CCN(CC(=O)N2CCN(Cc3ccsc3)CC2)CC1. The molecule has 2 amide bonds. The molecule has 0 unspecified atom stereocenters. The summed E-state index contributed by atoms with van der Waals surface area (Å²) in [6, 6.07) is 2.18. The molecule has 0 aromatic carbocycles. The lowest BCUT2D eigenvalue weighted by Crippen LogP contribution is -2.55. The number of carbonyl (C=O) groups is 2. The van der Waals surface area contributed by atoms with Crippen LogP contribution in [0.2, 0.25) is 0 Å². The van der Waals surface area contributed by atoms with Crippen molar-refractivity contribution in [2.45, 2.75) is 20.4 Å². The Bertz CT molecular complexity index is 634. The largest absolute Gasteiger partial charge is 0.339 e. The van der Waals surface area contributed by atoms with Crippen molar-refractivity contribution in [2.75, 3.05) is 78.5 Å². The molecule has 0 spiro atoms. The quantitative estimate of drug-likeness (QED) is 0.624. The number of likely N-dealkylation sites (N-methyl/N-ethyl adjacent to an activating group) is 1. The lowest BCUT2D eigenvalue weighted by Gasteiger charge is -2.38. The minimum absolute atomic E-state index is 0.210. The summed E-state index contributed by atoms with van der Waals surface area (Å²) in [6.07, 6.45) is 0. The average Bonchev–Trinajstić information content (AvgIpc) is 3.26. The predicted octanol–water partition coefficient (Wildman–Crippen LogP) is 0.878. The number of rotatable bonds is 8. The molecule has 2 aliphatic rings. The standard InChI is InChI=1S/C21H35N5O2S/c1-3-22(4-2)16-20(27)25-12-8-24(9-13-25)17-21(28)26-10-6-23(7-11-26)15-19-5-14-29-18-19/h5,14,18H,3-4,6-13,15-17H2,1-2H3. The molecule has 7 nitrogen and oxygen atoms in total. The zero-order valence-corrected chi connectivity index (χ0v) is 18.7. The smallest absolute Gasteiger partial charge is 0.236 e. The van der Waals surface area contributed by atoms with Crippen molar-refractivity contribution >= 4 is 23.2 Å². The fourth-order valence-electron chi connectivity index (χ4n) is 3.98. The second kappa shape index (κ2) is 11.1. The molecule has 0 radical (unpaired) electrons. The molecule has 29 heavy (non-hydrogen) atoms. The molecule has 0 N–H and O–H groups in total. The van der Waals surface area contributed by atoms with Gasteiger partial charge < -0.3 is 9.80 Å². The van der Waals surface area contributed by atoms with Crippen LogP contribution in [0.25, 0.3) is 0 Å². The number of hydrogen-bond donors (Lipinski definition) is 0. The lowest BCUT2D eigenvalue weighted by molar-refractivity contribution is -0.136. The number of carbonyl (C=O) groups excluding carboxylic acids is 2. The molecule has 0 saturated carbocycles. The van der Waals surface area contributed by atoms with Crippen LogP contribution in [-0.4, -0.2) is 115 Å². The molecule has 8 heteroatoms.